The molecule has 0 saturated carbocycles. The fourth-order valence-corrected chi connectivity index (χ4v) is 11.1. The van der Waals surface area contributed by atoms with Crippen molar-refractivity contribution >= 4 is 56.9 Å². The molecule has 4 rings (SSSR count). The molecule has 1 aromatic carbocycles. The Morgan fingerprint density at radius 3 is 2.40 bits per heavy atom. The number of benzene rings is 1. The summed E-state index contributed by atoms with van der Waals surface area (Å²) in [7, 11) is 0. The number of halogens is 1. The molecule has 0 aromatic heterocycles. The molecule has 2 bridgehead atoms. The van der Waals surface area contributed by atoms with E-state index in [1.807, 2.05) is 44.2 Å². The minimum atomic E-state index is -0.853. The monoisotopic (exact) mass is 703 g/mol. The fourth-order valence-electron chi connectivity index (χ4n) is 7.52. The van der Waals surface area contributed by atoms with Gasteiger partial charge in [0.15, 0.2) is 0 Å². The molecule has 0 radical (unpaired) electrons. The van der Waals surface area contributed by atoms with Crippen LogP contribution in [0.2, 0.25) is 0 Å². The second kappa shape index (κ2) is 15.5. The zero-order valence-corrected chi connectivity index (χ0v) is 29.6. The lowest BCUT2D eigenvalue weighted by molar-refractivity contribution is -0.154. The van der Waals surface area contributed by atoms with Crippen LogP contribution in [0.5, 0.6) is 0 Å². The van der Waals surface area contributed by atoms with Crippen molar-refractivity contribution in [2.24, 2.45) is 17.8 Å². The molecule has 1 N–H and O–H groups in total. The Hall–Kier alpha value is -2.30. The van der Waals surface area contributed by atoms with Gasteiger partial charge in [0.1, 0.15) is 6.04 Å². The number of anilines is 2. The predicted molar refractivity (Wildman–Crippen MR) is 187 cm³/mol. The van der Waals surface area contributed by atoms with Crippen LogP contribution in [-0.2, 0) is 19.1 Å². The number of allylic oxidation sites excluding steroid dienone is 1. The van der Waals surface area contributed by atoms with Gasteiger partial charge >= 0.3 is 5.97 Å². The quantitative estimate of drug-likeness (QED) is 0.0947. The van der Waals surface area contributed by atoms with Crippen molar-refractivity contribution in [3.63, 3.8) is 0 Å². The Balaban J connectivity index is 1.74. The van der Waals surface area contributed by atoms with Gasteiger partial charge < -0.3 is 24.5 Å². The highest BCUT2D eigenvalue weighted by Gasteiger charge is 2.76. The number of carbonyl (C=O) groups excluding carboxylic acids is 3. The van der Waals surface area contributed by atoms with Crippen molar-refractivity contribution in [3.8, 4) is 0 Å². The highest BCUT2D eigenvalue weighted by Crippen LogP contribution is 2.68. The Labute approximate surface area is 281 Å². The van der Waals surface area contributed by atoms with E-state index in [4.69, 9.17) is 4.74 Å². The summed E-state index contributed by atoms with van der Waals surface area (Å²) in [6, 6.07) is 6.53. The average Bonchev–Trinajstić information content (AvgIpc) is 3.62. The molecule has 3 heterocycles. The Bertz CT molecular complexity index is 1220. The summed E-state index contributed by atoms with van der Waals surface area (Å²) in [5, 5.41) is 10.4. The number of hydrogen-bond donors (Lipinski definition) is 1. The minimum Gasteiger partial charge on any atom is -0.465 e. The molecular weight excluding hydrogens is 654 g/mol. The number of amides is 2. The molecule has 3 fully saturated rings. The summed E-state index contributed by atoms with van der Waals surface area (Å²) < 4.78 is 4.94. The molecule has 45 heavy (non-hydrogen) atoms. The summed E-state index contributed by atoms with van der Waals surface area (Å²) >= 11 is 5.42. The van der Waals surface area contributed by atoms with Gasteiger partial charge in [-0.1, -0.05) is 41.9 Å². The number of aliphatic hydroxyl groups is 1. The molecule has 3 unspecified atom stereocenters. The minimum absolute atomic E-state index is 0.0565. The SMILES string of the molecule is C=CCCCCOC(=O)[C@H]1[C@@H]2SC3(CC2Br)C(C(=O)N(CC=C)c2ccc(N(CC)CC)cc2)N([C@@H](CO)CC(C)C)C(=O)[C@H]13. The van der Waals surface area contributed by atoms with Crippen LogP contribution >= 0.6 is 27.7 Å². The van der Waals surface area contributed by atoms with E-state index in [-0.39, 0.29) is 53.5 Å². The van der Waals surface area contributed by atoms with Gasteiger partial charge in [-0.2, -0.15) is 0 Å². The van der Waals surface area contributed by atoms with E-state index in [0.29, 0.717) is 12.8 Å². The number of thioether (sulfide) groups is 1. The zero-order valence-electron chi connectivity index (χ0n) is 27.2. The van der Waals surface area contributed by atoms with Crippen LogP contribution in [0.25, 0.3) is 0 Å². The van der Waals surface area contributed by atoms with Gasteiger partial charge in [0, 0.05) is 41.1 Å². The van der Waals surface area contributed by atoms with E-state index < -0.39 is 28.7 Å². The van der Waals surface area contributed by atoms with Crippen molar-refractivity contribution in [3.05, 3.63) is 49.6 Å². The van der Waals surface area contributed by atoms with Crippen LogP contribution < -0.4 is 9.80 Å². The number of esters is 1. The van der Waals surface area contributed by atoms with Gasteiger partial charge in [0.2, 0.25) is 5.91 Å². The highest BCUT2D eigenvalue weighted by atomic mass is 79.9. The first kappa shape index (κ1) is 35.6. The standard InChI is InChI=1S/C35H50BrN3O5S/c1-7-11-12-13-19-44-34(43)28-29-32(41)39(26(22-40)20-23(5)6)31(35(29)21-27(36)30(28)45-35)33(42)38(18-8-2)25-16-14-24(15-17-25)37(9-3)10-4/h7-8,14-17,23,26-31,40H,1-2,9-13,18-22H2,3-6H3/t26-,27?,28-,29+,30-,31?,35?/m1/s1. The lowest BCUT2D eigenvalue weighted by Gasteiger charge is -2.40. The maximum absolute atomic E-state index is 14.9. The summed E-state index contributed by atoms with van der Waals surface area (Å²) in [6.45, 7) is 18.0. The maximum atomic E-state index is 14.9. The maximum Gasteiger partial charge on any atom is 0.310 e. The summed E-state index contributed by atoms with van der Waals surface area (Å²) in [5.41, 5.74) is 1.79. The summed E-state index contributed by atoms with van der Waals surface area (Å²) in [5.74, 6) is -2.00. The van der Waals surface area contributed by atoms with Gasteiger partial charge in [-0.15, -0.1) is 24.9 Å². The van der Waals surface area contributed by atoms with Crippen molar-refractivity contribution in [1.82, 2.24) is 4.90 Å². The Kier molecular flexibility index (Phi) is 12.3. The van der Waals surface area contributed by atoms with Crippen LogP contribution in [0, 0.1) is 17.8 Å². The second-order valence-electron chi connectivity index (χ2n) is 12.8. The number of carbonyl (C=O) groups is 3. The molecule has 10 heteroatoms. The molecule has 7 atom stereocenters. The first-order chi connectivity index (χ1) is 21.6. The largest absolute Gasteiger partial charge is 0.465 e. The molecule has 3 aliphatic rings. The van der Waals surface area contributed by atoms with E-state index in [1.54, 1.807) is 27.6 Å². The third-order valence-corrected chi connectivity index (χ3v) is 12.7. The lowest BCUT2D eigenvalue weighted by Crippen LogP contribution is -2.58. The van der Waals surface area contributed by atoms with E-state index in [1.165, 1.54) is 0 Å². The Morgan fingerprint density at radius 1 is 1.16 bits per heavy atom. The predicted octanol–water partition coefficient (Wildman–Crippen LogP) is 5.82. The number of alkyl halides is 1. The first-order valence-electron chi connectivity index (χ1n) is 16.4. The molecule has 8 nitrogen and oxygen atoms in total. The average molecular weight is 705 g/mol. The van der Waals surface area contributed by atoms with Crippen LogP contribution in [0.1, 0.15) is 59.8 Å². The van der Waals surface area contributed by atoms with Crippen LogP contribution in [0.3, 0.4) is 0 Å². The number of likely N-dealkylation sites (tertiary alicyclic amines) is 1. The molecule has 2 amide bonds. The fraction of sp³-hybridized carbons (Fsp3) is 0.629. The van der Waals surface area contributed by atoms with E-state index in [2.05, 4.69) is 47.8 Å². The summed E-state index contributed by atoms with van der Waals surface area (Å²) in [6.07, 6.45) is 7.10. The molecule has 3 saturated heterocycles. The number of ether oxygens (including phenoxy) is 1. The van der Waals surface area contributed by atoms with E-state index in [9.17, 15) is 19.5 Å². The highest BCUT2D eigenvalue weighted by molar-refractivity contribution is 9.09. The second-order valence-corrected chi connectivity index (χ2v) is 15.5. The van der Waals surface area contributed by atoms with E-state index >= 15 is 0 Å². The molecule has 248 valence electrons. The van der Waals surface area contributed by atoms with Gasteiger partial charge in [-0.05, 0) is 76.1 Å². The normalized spacial score (nSPS) is 27.4. The van der Waals surface area contributed by atoms with Crippen molar-refractivity contribution < 1.29 is 24.2 Å². The van der Waals surface area contributed by atoms with Gasteiger partial charge in [-0.3, -0.25) is 14.4 Å². The third-order valence-electron chi connectivity index (χ3n) is 9.50. The topological polar surface area (TPSA) is 90.4 Å². The van der Waals surface area contributed by atoms with Crippen molar-refractivity contribution in [2.45, 2.75) is 86.7 Å². The number of rotatable bonds is 17. The van der Waals surface area contributed by atoms with Crippen LogP contribution in [0.4, 0.5) is 11.4 Å². The van der Waals surface area contributed by atoms with E-state index in [0.717, 1.165) is 43.7 Å². The van der Waals surface area contributed by atoms with Crippen LogP contribution in [-0.4, -0.2) is 87.5 Å². The number of aliphatic hydroxyl groups excluding tert-OH is 1. The molecule has 1 aromatic rings. The molecule has 3 aliphatic heterocycles. The van der Waals surface area contributed by atoms with Crippen molar-refractivity contribution in [1.29, 1.82) is 0 Å². The number of unbranched alkanes of at least 4 members (excludes halogenated alkanes) is 2. The summed E-state index contributed by atoms with van der Waals surface area (Å²) in [4.78, 5) is 48.7. The number of fused-ring (bicyclic) bond motifs is 1. The first-order valence-corrected chi connectivity index (χ1v) is 18.2. The van der Waals surface area contributed by atoms with Crippen molar-refractivity contribution in [2.75, 3.05) is 42.6 Å². The molecule has 1 spiro atoms. The number of nitrogens with zero attached hydrogens (tertiary/aromatic N) is 3. The Morgan fingerprint density at radius 2 is 1.82 bits per heavy atom. The van der Waals surface area contributed by atoms with Gasteiger partial charge in [-0.25, -0.2) is 0 Å². The molecular formula is C35H50BrN3O5S. The lowest BCUT2D eigenvalue weighted by atomic mass is 9.71. The van der Waals surface area contributed by atoms with Crippen LogP contribution in [0.15, 0.2) is 49.6 Å². The van der Waals surface area contributed by atoms with Gasteiger partial charge in [0.25, 0.3) is 5.91 Å². The smallest absolute Gasteiger partial charge is 0.310 e. The number of hydrogen-bond acceptors (Lipinski definition) is 7. The third kappa shape index (κ3) is 6.89. The van der Waals surface area contributed by atoms with Gasteiger partial charge in [0.05, 0.1) is 35.8 Å². The molecule has 0 aliphatic carbocycles. The zero-order chi connectivity index (χ0) is 32.9.